The Morgan fingerprint density at radius 1 is 1.28 bits per heavy atom. The molecule has 1 atom stereocenters. The van der Waals surface area contributed by atoms with Crippen molar-refractivity contribution in [2.75, 3.05) is 6.61 Å². The first-order chi connectivity index (χ1) is 11.8. The lowest BCUT2D eigenvalue weighted by molar-refractivity contribution is -0.125. The number of amides is 1. The monoisotopic (exact) mass is 364 g/mol. The van der Waals surface area contributed by atoms with Gasteiger partial charge in [0.25, 0.3) is 5.91 Å². The highest BCUT2D eigenvalue weighted by Crippen LogP contribution is 2.31. The van der Waals surface area contributed by atoms with Gasteiger partial charge in [-0.1, -0.05) is 48.8 Å². The van der Waals surface area contributed by atoms with Crippen molar-refractivity contribution < 1.29 is 18.8 Å². The van der Waals surface area contributed by atoms with Gasteiger partial charge in [-0.25, -0.2) is 4.79 Å². The van der Waals surface area contributed by atoms with Gasteiger partial charge in [0.05, 0.1) is 5.02 Å². The number of rotatable bonds is 6. The summed E-state index contributed by atoms with van der Waals surface area (Å²) in [6.07, 6.45) is 0. The smallest absolute Gasteiger partial charge is 0.344 e. The summed E-state index contributed by atoms with van der Waals surface area (Å²) < 4.78 is 10.2. The lowest BCUT2D eigenvalue weighted by atomic mass is 10.1. The lowest BCUT2D eigenvalue weighted by Gasteiger charge is -2.17. The highest BCUT2D eigenvalue weighted by Gasteiger charge is 2.25. The number of carbonyl (C=O) groups is 2. The van der Waals surface area contributed by atoms with E-state index in [2.05, 4.69) is 10.5 Å². The molecule has 7 heteroatoms. The lowest BCUT2D eigenvalue weighted by Crippen LogP contribution is -2.38. The number of benzene rings is 1. The van der Waals surface area contributed by atoms with Crippen molar-refractivity contribution in [1.29, 1.82) is 0 Å². The maximum absolute atomic E-state index is 12.4. The van der Waals surface area contributed by atoms with Crippen molar-refractivity contribution in [3.63, 3.8) is 0 Å². The molecule has 1 heterocycles. The van der Waals surface area contributed by atoms with Crippen molar-refractivity contribution in [3.8, 4) is 11.3 Å². The molecule has 2 aromatic rings. The Morgan fingerprint density at radius 2 is 1.96 bits per heavy atom. The summed E-state index contributed by atoms with van der Waals surface area (Å²) in [6.45, 7) is 7.11. The van der Waals surface area contributed by atoms with E-state index in [1.54, 1.807) is 31.2 Å². The minimum atomic E-state index is -0.680. The first kappa shape index (κ1) is 19.0. The molecule has 0 radical (unpaired) electrons. The van der Waals surface area contributed by atoms with E-state index in [1.807, 2.05) is 20.8 Å². The summed E-state index contributed by atoms with van der Waals surface area (Å²) in [5, 5.41) is 7.12. The molecule has 1 amide bonds. The number of nitrogens with zero attached hydrogens (tertiary/aromatic N) is 1. The van der Waals surface area contributed by atoms with Crippen LogP contribution in [0.15, 0.2) is 28.8 Å². The third-order valence-corrected chi connectivity index (χ3v) is 4.25. The fourth-order valence-corrected chi connectivity index (χ4v) is 2.34. The van der Waals surface area contributed by atoms with Crippen LogP contribution in [0.5, 0.6) is 0 Å². The minimum absolute atomic E-state index is 0.0118. The third-order valence-electron chi connectivity index (χ3n) is 3.92. The van der Waals surface area contributed by atoms with Crippen LogP contribution < -0.4 is 5.32 Å². The first-order valence-electron chi connectivity index (χ1n) is 7.99. The summed E-state index contributed by atoms with van der Waals surface area (Å²) in [4.78, 5) is 24.3. The molecule has 0 fully saturated rings. The third kappa shape index (κ3) is 4.60. The Labute approximate surface area is 151 Å². The van der Waals surface area contributed by atoms with E-state index in [1.165, 1.54) is 0 Å². The van der Waals surface area contributed by atoms with Crippen LogP contribution in [-0.2, 0) is 9.53 Å². The highest BCUT2D eigenvalue weighted by molar-refractivity contribution is 6.33. The fourth-order valence-electron chi connectivity index (χ4n) is 2.12. The van der Waals surface area contributed by atoms with E-state index in [-0.39, 0.29) is 30.0 Å². The van der Waals surface area contributed by atoms with Crippen LogP contribution in [0.1, 0.15) is 36.9 Å². The quantitative estimate of drug-likeness (QED) is 0.791. The second-order valence-electron chi connectivity index (χ2n) is 6.12. The number of hydrogen-bond acceptors (Lipinski definition) is 5. The number of aryl methyl sites for hydroxylation is 1. The van der Waals surface area contributed by atoms with E-state index in [0.29, 0.717) is 22.0 Å². The van der Waals surface area contributed by atoms with Gasteiger partial charge in [-0.2, -0.15) is 0 Å². The average Bonchev–Trinajstić information content (AvgIpc) is 2.94. The zero-order valence-corrected chi connectivity index (χ0v) is 15.4. The van der Waals surface area contributed by atoms with Gasteiger partial charge in [-0.05, 0) is 25.8 Å². The summed E-state index contributed by atoms with van der Waals surface area (Å²) in [5.74, 6) is -0.452. The minimum Gasteiger partial charge on any atom is -0.452 e. The normalized spacial score (nSPS) is 12.1. The number of carbonyl (C=O) groups excluding carboxylic acids is 2. The van der Waals surface area contributed by atoms with Gasteiger partial charge in [0.15, 0.2) is 6.61 Å². The maximum atomic E-state index is 12.4. The molecule has 6 nitrogen and oxygen atoms in total. The number of aromatic nitrogens is 1. The van der Waals surface area contributed by atoms with Crippen molar-refractivity contribution >= 4 is 23.5 Å². The van der Waals surface area contributed by atoms with Gasteiger partial charge in [-0.3, -0.25) is 4.79 Å². The molecule has 1 aromatic carbocycles. The zero-order valence-electron chi connectivity index (χ0n) is 14.6. The molecular formula is C18H21ClN2O4. The second-order valence-corrected chi connectivity index (χ2v) is 6.53. The Bertz CT molecular complexity index is 770. The van der Waals surface area contributed by atoms with Crippen LogP contribution in [0.4, 0.5) is 0 Å². The standard InChI is InChI=1S/C18H21ClN2O4/c1-10(2)11(3)20-15(22)9-24-18(23)16-12(4)25-21-17(16)13-7-5-6-8-14(13)19/h5-8,10-11H,9H2,1-4H3,(H,20,22)/t11-/m1/s1. The molecular weight excluding hydrogens is 344 g/mol. The van der Waals surface area contributed by atoms with Gasteiger partial charge in [0.2, 0.25) is 0 Å². The van der Waals surface area contributed by atoms with Gasteiger partial charge >= 0.3 is 5.97 Å². The molecule has 0 saturated heterocycles. The topological polar surface area (TPSA) is 81.4 Å². The second kappa shape index (κ2) is 8.16. The van der Waals surface area contributed by atoms with Crippen molar-refractivity contribution in [3.05, 3.63) is 40.6 Å². The Morgan fingerprint density at radius 3 is 2.60 bits per heavy atom. The number of halogens is 1. The maximum Gasteiger partial charge on any atom is 0.344 e. The zero-order chi connectivity index (χ0) is 18.6. The Kier molecular flexibility index (Phi) is 6.20. The van der Waals surface area contributed by atoms with E-state index in [9.17, 15) is 9.59 Å². The van der Waals surface area contributed by atoms with Crippen LogP contribution in [-0.4, -0.2) is 29.7 Å². The number of nitrogens with one attached hydrogen (secondary N) is 1. The van der Waals surface area contributed by atoms with Crippen molar-refractivity contribution in [2.24, 2.45) is 5.92 Å². The first-order valence-corrected chi connectivity index (χ1v) is 8.36. The van der Waals surface area contributed by atoms with Gasteiger partial charge in [0.1, 0.15) is 17.0 Å². The van der Waals surface area contributed by atoms with E-state index in [4.69, 9.17) is 20.9 Å². The SMILES string of the molecule is Cc1onc(-c2ccccc2Cl)c1C(=O)OCC(=O)N[C@H](C)C(C)C. The molecule has 0 unspecified atom stereocenters. The molecule has 0 aliphatic carbocycles. The molecule has 0 bridgehead atoms. The molecule has 25 heavy (non-hydrogen) atoms. The summed E-state index contributed by atoms with van der Waals surface area (Å²) in [6, 6.07) is 6.96. The number of esters is 1. The van der Waals surface area contributed by atoms with Crippen molar-refractivity contribution in [2.45, 2.75) is 33.7 Å². The van der Waals surface area contributed by atoms with Crippen LogP contribution >= 0.6 is 11.6 Å². The van der Waals surface area contributed by atoms with Crippen LogP contribution in [0.2, 0.25) is 5.02 Å². The van der Waals surface area contributed by atoms with E-state index < -0.39 is 5.97 Å². The van der Waals surface area contributed by atoms with Crippen LogP contribution in [0.3, 0.4) is 0 Å². The largest absolute Gasteiger partial charge is 0.452 e. The summed E-state index contributed by atoms with van der Waals surface area (Å²) in [5.41, 5.74) is 1.02. The van der Waals surface area contributed by atoms with Gasteiger partial charge in [-0.15, -0.1) is 0 Å². The number of ether oxygens (including phenoxy) is 1. The highest BCUT2D eigenvalue weighted by atomic mass is 35.5. The Hall–Kier alpha value is -2.34. The molecule has 0 aliphatic heterocycles. The molecule has 1 aromatic heterocycles. The van der Waals surface area contributed by atoms with Crippen LogP contribution in [0.25, 0.3) is 11.3 Å². The summed E-state index contributed by atoms with van der Waals surface area (Å²) in [7, 11) is 0. The van der Waals surface area contributed by atoms with Gasteiger partial charge < -0.3 is 14.6 Å². The van der Waals surface area contributed by atoms with Crippen molar-refractivity contribution in [1.82, 2.24) is 10.5 Å². The molecule has 0 saturated carbocycles. The fraction of sp³-hybridized carbons (Fsp3) is 0.389. The number of hydrogen-bond donors (Lipinski definition) is 1. The predicted molar refractivity (Wildman–Crippen MR) is 94.4 cm³/mol. The summed E-state index contributed by atoms with van der Waals surface area (Å²) >= 11 is 6.16. The average molecular weight is 365 g/mol. The molecule has 2 rings (SSSR count). The molecule has 0 spiro atoms. The Balaban J connectivity index is 2.12. The molecule has 134 valence electrons. The molecule has 1 N–H and O–H groups in total. The predicted octanol–water partition coefficient (Wildman–Crippen LogP) is 3.62. The molecule has 0 aliphatic rings. The van der Waals surface area contributed by atoms with Gasteiger partial charge in [0, 0.05) is 11.6 Å². The van der Waals surface area contributed by atoms with E-state index in [0.717, 1.165) is 0 Å². The van der Waals surface area contributed by atoms with Crippen LogP contribution in [0, 0.1) is 12.8 Å². The van der Waals surface area contributed by atoms with E-state index >= 15 is 0 Å².